The van der Waals surface area contributed by atoms with Crippen LogP contribution in [-0.4, -0.2) is 36.2 Å². The molecule has 28 heavy (non-hydrogen) atoms. The first-order chi connectivity index (χ1) is 13.4. The summed E-state index contributed by atoms with van der Waals surface area (Å²) in [7, 11) is 0. The van der Waals surface area contributed by atoms with Crippen molar-refractivity contribution in [1.29, 1.82) is 0 Å². The lowest BCUT2D eigenvalue weighted by Crippen LogP contribution is -2.42. The van der Waals surface area contributed by atoms with Crippen molar-refractivity contribution in [3.8, 4) is 11.5 Å². The van der Waals surface area contributed by atoms with Crippen LogP contribution in [0.3, 0.4) is 0 Å². The molecule has 0 spiro atoms. The molecule has 0 unspecified atom stereocenters. The van der Waals surface area contributed by atoms with Crippen molar-refractivity contribution in [2.75, 3.05) is 13.2 Å². The first kappa shape index (κ1) is 19.7. The topological polar surface area (TPSA) is 84.9 Å². The Morgan fingerprint density at radius 2 is 1.79 bits per heavy atom. The number of carboxylic acid groups (broad SMARTS) is 1. The number of benzene rings is 2. The highest BCUT2D eigenvalue weighted by atomic mass is 35.5. The van der Waals surface area contributed by atoms with Crippen molar-refractivity contribution in [3.63, 3.8) is 0 Å². The van der Waals surface area contributed by atoms with Gasteiger partial charge in [0, 0.05) is 6.42 Å². The molecule has 0 aliphatic carbocycles. The maximum absolute atomic E-state index is 13.6. The molecule has 2 aromatic carbocycles. The van der Waals surface area contributed by atoms with Crippen LogP contribution >= 0.6 is 11.6 Å². The van der Waals surface area contributed by atoms with E-state index >= 15 is 0 Å². The maximum atomic E-state index is 13.6. The monoisotopic (exact) mass is 405 g/mol. The maximum Gasteiger partial charge on any atom is 0.326 e. The van der Waals surface area contributed by atoms with Crippen LogP contribution in [0.4, 0.5) is 4.39 Å². The average Bonchev–Trinajstić information content (AvgIpc) is 2.65. The summed E-state index contributed by atoms with van der Waals surface area (Å²) < 4.78 is 24.7. The van der Waals surface area contributed by atoms with Crippen molar-refractivity contribution >= 4 is 23.5 Å². The van der Waals surface area contributed by atoms with E-state index in [9.17, 15) is 19.1 Å². The summed E-state index contributed by atoms with van der Waals surface area (Å²) in [5.74, 6) is -2.01. The van der Waals surface area contributed by atoms with E-state index in [4.69, 9.17) is 21.1 Å². The predicted molar refractivity (Wildman–Crippen MR) is 101 cm³/mol. The molecular formula is C20H17ClFNO5. The highest BCUT2D eigenvalue weighted by molar-refractivity contribution is 6.32. The standard InChI is InChI=1S/C20H17ClFNO5/c21-15-9-12-3-5-18(15)28-8-2-1-7-27-17-6-4-13(22)11-14(17)19(24)23-16(10-12)20(25)26/h1-6,9,11,16H,7-8,10H2,(H,23,24)(H,25,26)/t16-/m0/s1. The molecule has 146 valence electrons. The van der Waals surface area contributed by atoms with E-state index in [-0.39, 0.29) is 30.9 Å². The number of nitrogens with one attached hydrogen (secondary N) is 1. The minimum Gasteiger partial charge on any atom is -0.489 e. The van der Waals surface area contributed by atoms with E-state index in [1.165, 1.54) is 6.07 Å². The van der Waals surface area contributed by atoms with Gasteiger partial charge in [0.25, 0.3) is 5.91 Å². The van der Waals surface area contributed by atoms with Crippen LogP contribution in [0, 0.1) is 5.82 Å². The Hall–Kier alpha value is -3.06. The number of carbonyl (C=O) groups is 2. The SMILES string of the molecule is O=C1N[C@H](C(=O)O)Cc2ccc(c(Cl)c2)OCC=CCOc2ccc(F)cc21. The van der Waals surface area contributed by atoms with Crippen LogP contribution in [0.2, 0.25) is 5.02 Å². The molecule has 2 bridgehead atoms. The zero-order chi connectivity index (χ0) is 20.1. The number of halogens is 2. The summed E-state index contributed by atoms with van der Waals surface area (Å²) in [5, 5.41) is 12.2. The number of hydrogen-bond acceptors (Lipinski definition) is 4. The molecule has 0 radical (unpaired) electrons. The molecule has 1 atom stereocenters. The van der Waals surface area contributed by atoms with E-state index < -0.39 is 23.7 Å². The zero-order valence-electron chi connectivity index (χ0n) is 14.7. The lowest BCUT2D eigenvalue weighted by molar-refractivity contribution is -0.139. The number of carbonyl (C=O) groups excluding carboxylic acids is 1. The van der Waals surface area contributed by atoms with Crippen LogP contribution in [-0.2, 0) is 11.2 Å². The Kier molecular flexibility index (Phi) is 6.16. The van der Waals surface area contributed by atoms with Crippen molar-refractivity contribution in [3.05, 3.63) is 70.5 Å². The van der Waals surface area contributed by atoms with Gasteiger partial charge in [-0.3, -0.25) is 4.79 Å². The van der Waals surface area contributed by atoms with Gasteiger partial charge in [-0.15, -0.1) is 0 Å². The lowest BCUT2D eigenvalue weighted by Gasteiger charge is -2.17. The number of amides is 1. The van der Waals surface area contributed by atoms with Gasteiger partial charge in [0.05, 0.1) is 10.6 Å². The normalized spacial score (nSPS) is 17.2. The number of hydrogen-bond donors (Lipinski definition) is 2. The molecule has 2 aromatic rings. The number of rotatable bonds is 1. The largest absolute Gasteiger partial charge is 0.489 e. The van der Waals surface area contributed by atoms with Crippen LogP contribution < -0.4 is 14.8 Å². The molecule has 1 amide bonds. The third-order valence-electron chi connectivity index (χ3n) is 4.06. The van der Waals surface area contributed by atoms with E-state index in [0.717, 1.165) is 12.1 Å². The second kappa shape index (κ2) is 8.75. The number of carboxylic acids is 1. The quantitative estimate of drug-likeness (QED) is 0.711. The minimum absolute atomic E-state index is 0.00746. The molecule has 8 heteroatoms. The van der Waals surface area contributed by atoms with Gasteiger partial charge < -0.3 is 19.9 Å². The molecule has 0 saturated carbocycles. The summed E-state index contributed by atoms with van der Waals surface area (Å²) in [4.78, 5) is 24.2. The Morgan fingerprint density at radius 1 is 1.11 bits per heavy atom. The van der Waals surface area contributed by atoms with Crippen molar-refractivity contribution in [2.24, 2.45) is 0 Å². The Morgan fingerprint density at radius 3 is 2.46 bits per heavy atom. The van der Waals surface area contributed by atoms with Gasteiger partial charge in [-0.2, -0.15) is 0 Å². The molecular weight excluding hydrogens is 389 g/mol. The van der Waals surface area contributed by atoms with Gasteiger partial charge in [0.15, 0.2) is 0 Å². The third-order valence-corrected chi connectivity index (χ3v) is 4.36. The smallest absolute Gasteiger partial charge is 0.326 e. The molecule has 0 saturated heterocycles. The van der Waals surface area contributed by atoms with E-state index in [0.29, 0.717) is 16.3 Å². The molecule has 6 nitrogen and oxygen atoms in total. The minimum atomic E-state index is -1.24. The zero-order valence-corrected chi connectivity index (χ0v) is 15.4. The summed E-state index contributed by atoms with van der Waals surface area (Å²) >= 11 is 6.18. The van der Waals surface area contributed by atoms with Gasteiger partial charge in [0.2, 0.25) is 0 Å². The van der Waals surface area contributed by atoms with Crippen LogP contribution in [0.1, 0.15) is 15.9 Å². The first-order valence-corrected chi connectivity index (χ1v) is 8.84. The molecule has 2 aliphatic heterocycles. The lowest BCUT2D eigenvalue weighted by atomic mass is 10.0. The number of ether oxygens (including phenoxy) is 2. The van der Waals surface area contributed by atoms with Gasteiger partial charge in [-0.25, -0.2) is 9.18 Å². The predicted octanol–water partition coefficient (Wildman–Crippen LogP) is 3.23. The van der Waals surface area contributed by atoms with E-state index in [1.807, 2.05) is 0 Å². The van der Waals surface area contributed by atoms with Crippen LogP contribution in [0.5, 0.6) is 11.5 Å². The number of aliphatic carboxylic acids is 1. The average molecular weight is 406 g/mol. The van der Waals surface area contributed by atoms with Crippen LogP contribution in [0.15, 0.2) is 48.6 Å². The molecule has 0 aromatic heterocycles. The fraction of sp³-hybridized carbons (Fsp3) is 0.200. The van der Waals surface area contributed by atoms with Gasteiger partial charge >= 0.3 is 5.97 Å². The van der Waals surface area contributed by atoms with Crippen molar-refractivity contribution < 1.29 is 28.6 Å². The van der Waals surface area contributed by atoms with Crippen LogP contribution in [0.25, 0.3) is 0 Å². The molecule has 0 fully saturated rings. The van der Waals surface area contributed by atoms with Gasteiger partial charge in [0.1, 0.15) is 36.6 Å². The van der Waals surface area contributed by atoms with Crippen molar-refractivity contribution in [1.82, 2.24) is 5.32 Å². The van der Waals surface area contributed by atoms with Gasteiger partial charge in [-0.1, -0.05) is 17.7 Å². The molecule has 2 heterocycles. The van der Waals surface area contributed by atoms with Gasteiger partial charge in [-0.05, 0) is 48.0 Å². The fourth-order valence-electron chi connectivity index (χ4n) is 2.68. The summed E-state index contributed by atoms with van der Waals surface area (Å²) in [6, 6.07) is 7.16. The Labute approximate surface area is 165 Å². The fourth-order valence-corrected chi connectivity index (χ4v) is 2.94. The highest BCUT2D eigenvalue weighted by Crippen LogP contribution is 2.26. The van der Waals surface area contributed by atoms with Crippen molar-refractivity contribution in [2.45, 2.75) is 12.5 Å². The van der Waals surface area contributed by atoms with E-state index in [1.54, 1.807) is 30.4 Å². The second-order valence-electron chi connectivity index (χ2n) is 6.07. The second-order valence-corrected chi connectivity index (χ2v) is 6.47. The molecule has 2 N–H and O–H groups in total. The summed E-state index contributed by atoms with van der Waals surface area (Å²) in [6.07, 6.45) is 3.39. The third kappa shape index (κ3) is 4.80. The summed E-state index contributed by atoms with van der Waals surface area (Å²) in [6.45, 7) is 0.362. The molecule has 4 rings (SSSR count). The highest BCUT2D eigenvalue weighted by Gasteiger charge is 2.24. The molecule has 2 aliphatic rings. The number of fused-ring (bicyclic) bond motifs is 9. The summed E-state index contributed by atoms with van der Waals surface area (Å²) in [5.41, 5.74) is 0.514. The Balaban J connectivity index is 1.96. The Bertz CT molecular complexity index is 931. The van der Waals surface area contributed by atoms with E-state index in [2.05, 4.69) is 5.32 Å². The first-order valence-electron chi connectivity index (χ1n) is 8.46.